The average Bonchev–Trinajstić information content (AvgIpc) is 2.93. The van der Waals surface area contributed by atoms with Gasteiger partial charge < -0.3 is 19.6 Å². The minimum atomic E-state index is -0.379. The molecule has 4 aromatic rings. The number of hydrogen-bond acceptors (Lipinski definition) is 5. The predicted molar refractivity (Wildman–Crippen MR) is 152 cm³/mol. The molecule has 0 spiro atoms. The van der Waals surface area contributed by atoms with Crippen LogP contribution in [0.1, 0.15) is 45.5 Å². The molecule has 1 unspecified atom stereocenters. The zero-order valence-electron chi connectivity index (χ0n) is 22.4. The highest BCUT2D eigenvalue weighted by Crippen LogP contribution is 2.30. The van der Waals surface area contributed by atoms with Crippen LogP contribution in [0, 0.1) is 13.8 Å². The van der Waals surface area contributed by atoms with E-state index in [1.807, 2.05) is 66.4 Å². The first kappa shape index (κ1) is 25.7. The zero-order chi connectivity index (χ0) is 26.6. The summed E-state index contributed by atoms with van der Waals surface area (Å²) in [6.45, 7) is 6.31. The van der Waals surface area contributed by atoms with Crippen molar-refractivity contribution < 1.29 is 14.6 Å². The SMILES string of the molecule is COc1ccc(CN(Cc2cc3cccc(C)c3nc2N2CCCC(O)C2)C(=O)c2ccc(C)cc2)cc1. The lowest BCUT2D eigenvalue weighted by Gasteiger charge is -2.34. The number of aliphatic hydroxyl groups excluding tert-OH is 1. The minimum absolute atomic E-state index is 0.0326. The van der Waals surface area contributed by atoms with Crippen molar-refractivity contribution in [2.24, 2.45) is 0 Å². The van der Waals surface area contributed by atoms with Gasteiger partial charge in [-0.2, -0.15) is 0 Å². The number of hydrogen-bond donors (Lipinski definition) is 1. The Bertz CT molecular complexity index is 1420. The van der Waals surface area contributed by atoms with Gasteiger partial charge in [0.2, 0.25) is 0 Å². The van der Waals surface area contributed by atoms with E-state index in [1.54, 1.807) is 7.11 Å². The molecule has 0 saturated carbocycles. The Balaban J connectivity index is 1.56. The van der Waals surface area contributed by atoms with Crippen LogP contribution in [0.15, 0.2) is 72.8 Å². The average molecular weight is 510 g/mol. The van der Waals surface area contributed by atoms with Gasteiger partial charge in [0.05, 0.1) is 18.7 Å². The molecule has 1 atom stereocenters. The molecule has 2 heterocycles. The number of ether oxygens (including phenoxy) is 1. The van der Waals surface area contributed by atoms with Crippen LogP contribution in [0.5, 0.6) is 5.75 Å². The molecule has 1 aliphatic heterocycles. The fraction of sp³-hybridized carbons (Fsp3) is 0.312. The summed E-state index contributed by atoms with van der Waals surface area (Å²) >= 11 is 0. The number of fused-ring (bicyclic) bond motifs is 1. The Morgan fingerprint density at radius 3 is 2.53 bits per heavy atom. The first-order chi connectivity index (χ1) is 18.4. The zero-order valence-corrected chi connectivity index (χ0v) is 22.4. The van der Waals surface area contributed by atoms with E-state index < -0.39 is 0 Å². The van der Waals surface area contributed by atoms with Crippen molar-refractivity contribution >= 4 is 22.6 Å². The Morgan fingerprint density at radius 2 is 1.82 bits per heavy atom. The number of carbonyl (C=O) groups excluding carboxylic acids is 1. The molecule has 1 aliphatic rings. The summed E-state index contributed by atoms with van der Waals surface area (Å²) in [6.07, 6.45) is 1.33. The number of pyridine rings is 1. The number of para-hydroxylation sites is 1. The number of β-amino-alcohol motifs (C(OH)–C–C–N with tert-alkyl or cyclic N) is 1. The molecule has 5 rings (SSSR count). The lowest BCUT2D eigenvalue weighted by atomic mass is 10.0. The van der Waals surface area contributed by atoms with E-state index in [0.717, 1.165) is 64.1 Å². The van der Waals surface area contributed by atoms with Gasteiger partial charge in [-0.15, -0.1) is 0 Å². The molecule has 1 N–H and O–H groups in total. The second-order valence-electron chi connectivity index (χ2n) is 10.2. The maximum Gasteiger partial charge on any atom is 0.254 e. The Labute approximate surface area is 224 Å². The maximum atomic E-state index is 13.9. The summed E-state index contributed by atoms with van der Waals surface area (Å²) in [5.41, 5.74) is 5.83. The van der Waals surface area contributed by atoms with Crippen molar-refractivity contribution in [1.29, 1.82) is 0 Å². The molecular weight excluding hydrogens is 474 g/mol. The van der Waals surface area contributed by atoms with Gasteiger partial charge >= 0.3 is 0 Å². The number of benzene rings is 3. The molecule has 1 aromatic heterocycles. The number of nitrogens with zero attached hydrogens (tertiary/aromatic N) is 3. The molecule has 6 nitrogen and oxygen atoms in total. The van der Waals surface area contributed by atoms with Crippen LogP contribution in [-0.2, 0) is 13.1 Å². The van der Waals surface area contributed by atoms with Crippen molar-refractivity contribution in [2.45, 2.75) is 45.9 Å². The Morgan fingerprint density at radius 1 is 1.05 bits per heavy atom. The molecule has 38 heavy (non-hydrogen) atoms. The lowest BCUT2D eigenvalue weighted by Crippen LogP contribution is -2.40. The molecule has 0 aliphatic carbocycles. The van der Waals surface area contributed by atoms with Crippen LogP contribution in [0.2, 0.25) is 0 Å². The van der Waals surface area contributed by atoms with Crippen molar-refractivity contribution in [2.75, 3.05) is 25.1 Å². The highest BCUT2D eigenvalue weighted by atomic mass is 16.5. The van der Waals surface area contributed by atoms with Gasteiger partial charge in [0.25, 0.3) is 5.91 Å². The van der Waals surface area contributed by atoms with Gasteiger partial charge in [-0.05, 0) is 68.1 Å². The minimum Gasteiger partial charge on any atom is -0.497 e. The van der Waals surface area contributed by atoms with Crippen LogP contribution in [0.3, 0.4) is 0 Å². The number of aryl methyl sites for hydroxylation is 2. The van der Waals surface area contributed by atoms with Gasteiger partial charge in [-0.1, -0.05) is 48.0 Å². The summed E-state index contributed by atoms with van der Waals surface area (Å²) in [6, 6.07) is 23.9. The normalized spacial score (nSPS) is 15.5. The van der Waals surface area contributed by atoms with E-state index in [0.29, 0.717) is 25.2 Å². The lowest BCUT2D eigenvalue weighted by molar-refractivity contribution is 0.0730. The van der Waals surface area contributed by atoms with Gasteiger partial charge in [-0.3, -0.25) is 4.79 Å². The quantitative estimate of drug-likeness (QED) is 0.348. The fourth-order valence-electron chi connectivity index (χ4n) is 5.15. The van der Waals surface area contributed by atoms with E-state index >= 15 is 0 Å². The van der Waals surface area contributed by atoms with Crippen LogP contribution >= 0.6 is 0 Å². The van der Waals surface area contributed by atoms with Crippen LogP contribution < -0.4 is 9.64 Å². The molecule has 196 valence electrons. The molecule has 0 radical (unpaired) electrons. The predicted octanol–water partition coefficient (Wildman–Crippen LogP) is 5.66. The Hall–Kier alpha value is -3.90. The third kappa shape index (κ3) is 5.65. The van der Waals surface area contributed by atoms with E-state index in [4.69, 9.17) is 9.72 Å². The monoisotopic (exact) mass is 509 g/mol. The molecule has 3 aromatic carbocycles. The highest BCUT2D eigenvalue weighted by molar-refractivity contribution is 5.94. The van der Waals surface area contributed by atoms with Gasteiger partial charge in [-0.25, -0.2) is 4.98 Å². The summed E-state index contributed by atoms with van der Waals surface area (Å²) in [5.74, 6) is 1.60. The summed E-state index contributed by atoms with van der Waals surface area (Å²) in [5, 5.41) is 11.5. The first-order valence-corrected chi connectivity index (χ1v) is 13.2. The summed E-state index contributed by atoms with van der Waals surface area (Å²) < 4.78 is 5.33. The number of carbonyl (C=O) groups is 1. The van der Waals surface area contributed by atoms with Gasteiger partial charge in [0.1, 0.15) is 11.6 Å². The second kappa shape index (κ2) is 11.2. The second-order valence-corrected chi connectivity index (χ2v) is 10.2. The van der Waals surface area contributed by atoms with E-state index in [2.05, 4.69) is 30.0 Å². The van der Waals surface area contributed by atoms with Crippen LogP contribution in [0.4, 0.5) is 5.82 Å². The van der Waals surface area contributed by atoms with E-state index in [1.165, 1.54) is 0 Å². The first-order valence-electron chi connectivity index (χ1n) is 13.2. The van der Waals surface area contributed by atoms with Crippen molar-refractivity contribution in [3.63, 3.8) is 0 Å². The largest absolute Gasteiger partial charge is 0.497 e. The number of amides is 1. The molecule has 1 fully saturated rings. The topological polar surface area (TPSA) is 65.9 Å². The number of aromatic nitrogens is 1. The molecule has 1 amide bonds. The highest BCUT2D eigenvalue weighted by Gasteiger charge is 2.25. The third-order valence-corrected chi connectivity index (χ3v) is 7.28. The standard InChI is InChI=1S/C32H35N3O3/c1-22-9-13-25(14-10-22)32(37)35(19-24-11-15-29(38-3)16-12-24)20-27-18-26-7-4-6-23(2)30(26)33-31(27)34-17-5-8-28(36)21-34/h4,6-7,9-16,18,28,36H,5,8,17,19-21H2,1-3H3. The third-order valence-electron chi connectivity index (χ3n) is 7.28. The molecular formula is C32H35N3O3. The summed E-state index contributed by atoms with van der Waals surface area (Å²) in [7, 11) is 1.65. The Kier molecular flexibility index (Phi) is 7.61. The van der Waals surface area contributed by atoms with Crippen molar-refractivity contribution in [1.82, 2.24) is 9.88 Å². The fourth-order valence-corrected chi connectivity index (χ4v) is 5.15. The van der Waals surface area contributed by atoms with Crippen molar-refractivity contribution in [3.05, 3.63) is 101 Å². The summed E-state index contributed by atoms with van der Waals surface area (Å²) in [4.78, 5) is 23.1. The molecule has 1 saturated heterocycles. The van der Waals surface area contributed by atoms with E-state index in [-0.39, 0.29) is 12.0 Å². The van der Waals surface area contributed by atoms with E-state index in [9.17, 15) is 9.90 Å². The van der Waals surface area contributed by atoms with Crippen LogP contribution in [-0.4, -0.2) is 47.2 Å². The molecule has 0 bridgehead atoms. The van der Waals surface area contributed by atoms with Crippen LogP contribution in [0.25, 0.3) is 10.9 Å². The molecule has 6 heteroatoms. The van der Waals surface area contributed by atoms with Gasteiger partial charge in [0, 0.05) is 42.7 Å². The number of rotatable bonds is 7. The smallest absolute Gasteiger partial charge is 0.254 e. The number of anilines is 1. The van der Waals surface area contributed by atoms with Gasteiger partial charge in [0.15, 0.2) is 0 Å². The van der Waals surface area contributed by atoms with Crippen molar-refractivity contribution in [3.8, 4) is 5.75 Å². The number of methoxy groups -OCH3 is 1. The number of piperidine rings is 1. The number of aliphatic hydroxyl groups is 1. The maximum absolute atomic E-state index is 13.9.